The van der Waals surface area contributed by atoms with Crippen LogP contribution in [0.15, 0.2) is 30.5 Å². The van der Waals surface area contributed by atoms with Crippen LogP contribution < -0.4 is 9.64 Å². The second kappa shape index (κ2) is 10.8. The average Bonchev–Trinajstić information content (AvgIpc) is 2.88. The molecule has 2 saturated heterocycles. The quantitative estimate of drug-likeness (QED) is 0.596. The van der Waals surface area contributed by atoms with E-state index in [4.69, 9.17) is 14.5 Å². The van der Waals surface area contributed by atoms with Crippen LogP contribution in [-0.2, 0) is 9.53 Å². The molecule has 0 saturated carbocycles. The van der Waals surface area contributed by atoms with Crippen molar-refractivity contribution >= 4 is 17.7 Å². The molecule has 2 aromatic rings. The number of piperidine rings is 2. The van der Waals surface area contributed by atoms with Crippen LogP contribution in [0.4, 0.5) is 5.82 Å². The fourth-order valence-corrected chi connectivity index (χ4v) is 4.82. The summed E-state index contributed by atoms with van der Waals surface area (Å²) >= 11 is 0. The van der Waals surface area contributed by atoms with E-state index < -0.39 is 0 Å². The van der Waals surface area contributed by atoms with E-state index in [9.17, 15) is 9.59 Å². The molecular weight excluding hydrogens is 432 g/mol. The summed E-state index contributed by atoms with van der Waals surface area (Å²) in [5.41, 5.74) is 1.36. The highest BCUT2D eigenvalue weighted by molar-refractivity contribution is 5.99. The van der Waals surface area contributed by atoms with Crippen LogP contribution in [0.25, 0.3) is 11.4 Å². The van der Waals surface area contributed by atoms with E-state index in [1.165, 1.54) is 6.42 Å². The van der Waals surface area contributed by atoms with Gasteiger partial charge in [-0.1, -0.05) is 0 Å². The van der Waals surface area contributed by atoms with Gasteiger partial charge in [-0.05, 0) is 70.2 Å². The number of likely N-dealkylation sites (tertiary alicyclic amines) is 1. The van der Waals surface area contributed by atoms with Gasteiger partial charge in [-0.2, -0.15) is 0 Å². The number of carbonyl (C=O) groups excluding carboxylic acids is 2. The first kappa shape index (κ1) is 24.0. The number of hydrogen-bond acceptors (Lipinski definition) is 7. The Morgan fingerprint density at radius 1 is 1.09 bits per heavy atom. The molecule has 0 bridgehead atoms. The molecule has 0 unspecified atom stereocenters. The lowest BCUT2D eigenvalue weighted by molar-refractivity contribution is -0.149. The molecule has 0 radical (unpaired) electrons. The molecule has 2 fully saturated rings. The van der Waals surface area contributed by atoms with Crippen LogP contribution in [-0.4, -0.2) is 66.1 Å². The van der Waals surface area contributed by atoms with Crippen molar-refractivity contribution in [2.24, 2.45) is 5.92 Å². The lowest BCUT2D eigenvalue weighted by Crippen LogP contribution is -2.44. The minimum atomic E-state index is -0.283. The first-order valence-corrected chi connectivity index (χ1v) is 12.3. The van der Waals surface area contributed by atoms with Crippen molar-refractivity contribution in [3.05, 3.63) is 36.0 Å². The molecule has 0 aliphatic carbocycles. The molecule has 2 aliphatic rings. The summed E-state index contributed by atoms with van der Waals surface area (Å²) in [6.45, 7) is 6.17. The Bertz CT molecular complexity index is 1010. The van der Waals surface area contributed by atoms with Crippen molar-refractivity contribution in [2.75, 3.05) is 38.3 Å². The third-order valence-corrected chi connectivity index (χ3v) is 6.75. The number of amides is 1. The number of carbonyl (C=O) groups is 2. The third kappa shape index (κ3) is 5.16. The van der Waals surface area contributed by atoms with E-state index in [1.807, 2.05) is 24.3 Å². The number of ether oxygens (including phenoxy) is 2. The molecule has 4 rings (SSSR count). The van der Waals surface area contributed by atoms with Crippen LogP contribution in [0.5, 0.6) is 5.75 Å². The average molecular weight is 467 g/mol. The Kier molecular flexibility index (Phi) is 7.65. The van der Waals surface area contributed by atoms with E-state index in [0.29, 0.717) is 36.9 Å². The number of methoxy groups -OCH3 is 1. The van der Waals surface area contributed by atoms with Crippen molar-refractivity contribution < 1.29 is 19.1 Å². The normalized spacial score (nSPS) is 20.7. The first-order valence-electron chi connectivity index (χ1n) is 12.3. The number of aromatic nitrogens is 2. The van der Waals surface area contributed by atoms with Gasteiger partial charge in [-0.3, -0.25) is 9.59 Å². The highest BCUT2D eigenvalue weighted by atomic mass is 16.5. The summed E-state index contributed by atoms with van der Waals surface area (Å²) in [5, 5.41) is 0. The zero-order valence-electron chi connectivity index (χ0n) is 20.3. The fraction of sp³-hybridized carbons (Fsp3) is 0.538. The maximum absolute atomic E-state index is 13.7. The predicted octanol–water partition coefficient (Wildman–Crippen LogP) is 3.95. The minimum Gasteiger partial charge on any atom is -0.497 e. The van der Waals surface area contributed by atoms with Gasteiger partial charge in [0.1, 0.15) is 17.1 Å². The van der Waals surface area contributed by atoms with Gasteiger partial charge in [0.15, 0.2) is 5.82 Å². The molecule has 0 spiro atoms. The topological polar surface area (TPSA) is 84.9 Å². The molecule has 3 heterocycles. The van der Waals surface area contributed by atoms with Gasteiger partial charge in [0.2, 0.25) is 0 Å². The summed E-state index contributed by atoms with van der Waals surface area (Å²) in [6, 6.07) is 7.89. The van der Waals surface area contributed by atoms with E-state index in [2.05, 4.69) is 16.8 Å². The Balaban J connectivity index is 1.66. The largest absolute Gasteiger partial charge is 0.497 e. The molecule has 1 aromatic heterocycles. The van der Waals surface area contributed by atoms with Crippen LogP contribution in [0.2, 0.25) is 0 Å². The highest BCUT2D eigenvalue weighted by Crippen LogP contribution is 2.30. The molecular formula is C26H34N4O4. The molecule has 8 heteroatoms. The van der Waals surface area contributed by atoms with Crippen LogP contribution in [0, 0.1) is 5.92 Å². The van der Waals surface area contributed by atoms with Crippen LogP contribution in [0.1, 0.15) is 56.3 Å². The molecule has 1 amide bonds. The fourth-order valence-electron chi connectivity index (χ4n) is 4.82. The number of benzene rings is 1. The second-order valence-electron chi connectivity index (χ2n) is 9.04. The predicted molar refractivity (Wildman–Crippen MR) is 130 cm³/mol. The maximum atomic E-state index is 13.7. The zero-order chi connectivity index (χ0) is 24.1. The number of anilines is 1. The van der Waals surface area contributed by atoms with Crippen LogP contribution >= 0.6 is 0 Å². The van der Waals surface area contributed by atoms with Crippen molar-refractivity contribution in [3.8, 4) is 17.1 Å². The van der Waals surface area contributed by atoms with Gasteiger partial charge in [-0.15, -0.1) is 0 Å². The molecule has 0 N–H and O–H groups in total. The Hall–Kier alpha value is -3.16. The number of esters is 1. The van der Waals surface area contributed by atoms with E-state index in [0.717, 1.165) is 43.5 Å². The molecule has 8 nitrogen and oxygen atoms in total. The van der Waals surface area contributed by atoms with Crippen molar-refractivity contribution in [2.45, 2.75) is 52.0 Å². The highest BCUT2D eigenvalue weighted by Gasteiger charge is 2.33. The lowest BCUT2D eigenvalue weighted by Gasteiger charge is -2.37. The van der Waals surface area contributed by atoms with E-state index in [1.54, 1.807) is 25.1 Å². The zero-order valence-corrected chi connectivity index (χ0v) is 20.3. The summed E-state index contributed by atoms with van der Waals surface area (Å²) in [4.78, 5) is 39.4. The molecule has 34 heavy (non-hydrogen) atoms. The van der Waals surface area contributed by atoms with Gasteiger partial charge >= 0.3 is 5.97 Å². The van der Waals surface area contributed by atoms with Crippen molar-refractivity contribution in [1.29, 1.82) is 0 Å². The van der Waals surface area contributed by atoms with E-state index >= 15 is 0 Å². The first-order chi connectivity index (χ1) is 16.5. The number of nitrogens with zero attached hydrogens (tertiary/aromatic N) is 4. The third-order valence-electron chi connectivity index (χ3n) is 6.75. The van der Waals surface area contributed by atoms with Gasteiger partial charge < -0.3 is 19.3 Å². The molecule has 2 atom stereocenters. The summed E-state index contributed by atoms with van der Waals surface area (Å²) < 4.78 is 10.5. The molecule has 2 aliphatic heterocycles. The maximum Gasteiger partial charge on any atom is 0.310 e. The molecule has 182 valence electrons. The van der Waals surface area contributed by atoms with Gasteiger partial charge in [0.25, 0.3) is 5.91 Å². The van der Waals surface area contributed by atoms with Crippen molar-refractivity contribution in [1.82, 2.24) is 14.9 Å². The lowest BCUT2D eigenvalue weighted by atomic mass is 9.97. The monoisotopic (exact) mass is 466 g/mol. The molecule has 1 aromatic carbocycles. The Labute approximate surface area is 201 Å². The number of hydrogen-bond donors (Lipinski definition) is 0. The second-order valence-corrected chi connectivity index (χ2v) is 9.04. The Morgan fingerprint density at radius 2 is 1.88 bits per heavy atom. The smallest absolute Gasteiger partial charge is 0.310 e. The SMILES string of the molecule is CCOC(=O)[C@@H]1CCCN(C(=O)c2cnc(-c3ccc(OC)cc3)nc2N2CCCC[C@H]2C)C1. The van der Waals surface area contributed by atoms with Crippen LogP contribution in [0.3, 0.4) is 0 Å². The van der Waals surface area contributed by atoms with Gasteiger partial charge in [0.05, 0.1) is 19.6 Å². The standard InChI is InChI=1S/C26H34N4O4/c1-4-34-26(32)20-9-7-14-29(17-20)25(31)22-16-27-23(19-10-12-21(33-3)13-11-19)28-24(22)30-15-6-5-8-18(30)2/h10-13,16,18,20H,4-9,14-15,17H2,1-3H3/t18-,20-/m1/s1. The Morgan fingerprint density at radius 3 is 2.59 bits per heavy atom. The minimum absolute atomic E-state index is 0.122. The van der Waals surface area contributed by atoms with Gasteiger partial charge in [-0.25, -0.2) is 9.97 Å². The van der Waals surface area contributed by atoms with Gasteiger partial charge in [0, 0.05) is 37.4 Å². The summed E-state index contributed by atoms with van der Waals surface area (Å²) in [5.74, 6) is 1.39. The van der Waals surface area contributed by atoms with E-state index in [-0.39, 0.29) is 23.8 Å². The summed E-state index contributed by atoms with van der Waals surface area (Å²) in [7, 11) is 1.63. The van der Waals surface area contributed by atoms with Crippen molar-refractivity contribution in [3.63, 3.8) is 0 Å². The summed E-state index contributed by atoms with van der Waals surface area (Å²) in [6.07, 6.45) is 6.46. The number of rotatable bonds is 6.